The zero-order chi connectivity index (χ0) is 11.9. The van der Waals surface area contributed by atoms with E-state index in [9.17, 15) is 0 Å². The lowest BCUT2D eigenvalue weighted by atomic mass is 10.0. The van der Waals surface area contributed by atoms with Crippen molar-refractivity contribution in [2.75, 3.05) is 39.3 Å². The van der Waals surface area contributed by atoms with Gasteiger partial charge in [-0.15, -0.1) is 0 Å². The number of hydrogen-bond acceptors (Lipinski definition) is 3. The first-order valence-electron chi connectivity index (χ1n) is 7.47. The van der Waals surface area contributed by atoms with Crippen molar-refractivity contribution in [1.29, 1.82) is 0 Å². The molecule has 17 heavy (non-hydrogen) atoms. The van der Waals surface area contributed by atoms with Gasteiger partial charge >= 0.3 is 0 Å². The highest BCUT2D eigenvalue weighted by molar-refractivity contribution is 4.83. The molecule has 2 aliphatic rings. The molecular formula is C14H28N2O. The van der Waals surface area contributed by atoms with Crippen molar-refractivity contribution in [2.24, 2.45) is 0 Å². The van der Waals surface area contributed by atoms with Gasteiger partial charge in [0.15, 0.2) is 0 Å². The van der Waals surface area contributed by atoms with Gasteiger partial charge in [-0.2, -0.15) is 0 Å². The highest BCUT2D eigenvalue weighted by atomic mass is 16.2. The standard InChI is InChI=1S/C14H28N2O/c17-12-5-1-2-8-15-9-6-7-14(13-15)16-10-3-4-11-16/h14,17H,1-13H2. The van der Waals surface area contributed by atoms with E-state index in [1.807, 2.05) is 0 Å². The Morgan fingerprint density at radius 2 is 1.76 bits per heavy atom. The Morgan fingerprint density at radius 3 is 2.53 bits per heavy atom. The van der Waals surface area contributed by atoms with Crippen LogP contribution in [0.4, 0.5) is 0 Å². The quantitative estimate of drug-likeness (QED) is 0.716. The van der Waals surface area contributed by atoms with E-state index in [0.717, 1.165) is 12.5 Å². The molecular weight excluding hydrogens is 212 g/mol. The largest absolute Gasteiger partial charge is 0.396 e. The minimum Gasteiger partial charge on any atom is -0.396 e. The average molecular weight is 240 g/mol. The van der Waals surface area contributed by atoms with Gasteiger partial charge in [-0.3, -0.25) is 4.90 Å². The molecule has 2 saturated heterocycles. The van der Waals surface area contributed by atoms with E-state index in [4.69, 9.17) is 5.11 Å². The summed E-state index contributed by atoms with van der Waals surface area (Å²) >= 11 is 0. The van der Waals surface area contributed by atoms with Crippen LogP contribution < -0.4 is 0 Å². The van der Waals surface area contributed by atoms with Crippen molar-refractivity contribution in [1.82, 2.24) is 9.80 Å². The van der Waals surface area contributed by atoms with Gasteiger partial charge in [-0.05, 0) is 71.1 Å². The molecule has 0 radical (unpaired) electrons. The Balaban J connectivity index is 1.65. The molecule has 100 valence electrons. The summed E-state index contributed by atoms with van der Waals surface area (Å²) in [5.74, 6) is 0. The fourth-order valence-corrected chi connectivity index (χ4v) is 3.26. The lowest BCUT2D eigenvalue weighted by Crippen LogP contribution is -2.47. The third-order valence-corrected chi connectivity index (χ3v) is 4.27. The van der Waals surface area contributed by atoms with Crippen molar-refractivity contribution in [3.8, 4) is 0 Å². The summed E-state index contributed by atoms with van der Waals surface area (Å²) in [6, 6.07) is 0.837. The maximum Gasteiger partial charge on any atom is 0.0431 e. The Hall–Kier alpha value is -0.120. The van der Waals surface area contributed by atoms with Crippen molar-refractivity contribution >= 4 is 0 Å². The second-order valence-corrected chi connectivity index (χ2v) is 5.62. The Bertz CT molecular complexity index is 204. The maximum absolute atomic E-state index is 8.77. The number of aliphatic hydroxyl groups is 1. The molecule has 0 spiro atoms. The molecule has 3 heteroatoms. The summed E-state index contributed by atoms with van der Waals surface area (Å²) < 4.78 is 0. The zero-order valence-corrected chi connectivity index (χ0v) is 11.1. The predicted octanol–water partition coefficient (Wildman–Crippen LogP) is 1.71. The van der Waals surface area contributed by atoms with Crippen LogP contribution in [0.5, 0.6) is 0 Å². The molecule has 3 nitrogen and oxygen atoms in total. The third kappa shape index (κ3) is 4.23. The lowest BCUT2D eigenvalue weighted by molar-refractivity contribution is 0.113. The Kier molecular flexibility index (Phi) is 5.75. The molecule has 2 aliphatic heterocycles. The van der Waals surface area contributed by atoms with Gasteiger partial charge in [0.05, 0.1) is 0 Å². The van der Waals surface area contributed by atoms with Crippen LogP contribution in [-0.2, 0) is 0 Å². The van der Waals surface area contributed by atoms with E-state index in [2.05, 4.69) is 9.80 Å². The van der Waals surface area contributed by atoms with Crippen molar-refractivity contribution in [3.63, 3.8) is 0 Å². The molecule has 2 heterocycles. The highest BCUT2D eigenvalue weighted by Gasteiger charge is 2.26. The zero-order valence-electron chi connectivity index (χ0n) is 11.1. The molecule has 2 fully saturated rings. The lowest BCUT2D eigenvalue weighted by Gasteiger charge is -2.37. The van der Waals surface area contributed by atoms with E-state index >= 15 is 0 Å². The first-order chi connectivity index (χ1) is 8.40. The molecule has 0 amide bonds. The first kappa shape index (κ1) is 13.3. The maximum atomic E-state index is 8.77. The van der Waals surface area contributed by atoms with Gasteiger partial charge in [0.2, 0.25) is 0 Å². The molecule has 1 unspecified atom stereocenters. The monoisotopic (exact) mass is 240 g/mol. The van der Waals surface area contributed by atoms with Crippen LogP contribution in [0.25, 0.3) is 0 Å². The van der Waals surface area contributed by atoms with E-state index in [0.29, 0.717) is 6.61 Å². The summed E-state index contributed by atoms with van der Waals surface area (Å²) in [6.07, 6.45) is 9.02. The van der Waals surface area contributed by atoms with Gasteiger partial charge < -0.3 is 10.0 Å². The number of piperidine rings is 1. The van der Waals surface area contributed by atoms with Crippen LogP contribution in [0.1, 0.15) is 44.9 Å². The summed E-state index contributed by atoms with van der Waals surface area (Å²) in [7, 11) is 0. The SMILES string of the molecule is OCCCCCN1CCCC(N2CCCC2)C1. The van der Waals surface area contributed by atoms with Crippen LogP contribution >= 0.6 is 0 Å². The minimum absolute atomic E-state index is 0.358. The molecule has 0 aliphatic carbocycles. The minimum atomic E-state index is 0.358. The van der Waals surface area contributed by atoms with E-state index in [1.165, 1.54) is 71.2 Å². The normalized spacial score (nSPS) is 27.7. The first-order valence-corrected chi connectivity index (χ1v) is 7.47. The van der Waals surface area contributed by atoms with Gasteiger partial charge in [0.1, 0.15) is 0 Å². The molecule has 1 N–H and O–H groups in total. The molecule has 1 atom stereocenters. The second kappa shape index (κ2) is 7.34. The number of likely N-dealkylation sites (tertiary alicyclic amines) is 2. The van der Waals surface area contributed by atoms with Crippen LogP contribution in [0.15, 0.2) is 0 Å². The van der Waals surface area contributed by atoms with Gasteiger partial charge in [-0.1, -0.05) is 0 Å². The van der Waals surface area contributed by atoms with E-state index in [1.54, 1.807) is 0 Å². The molecule has 2 rings (SSSR count). The smallest absolute Gasteiger partial charge is 0.0431 e. The Morgan fingerprint density at radius 1 is 0.941 bits per heavy atom. The summed E-state index contributed by atoms with van der Waals surface area (Å²) in [6.45, 7) is 6.86. The Labute approximate surface area is 106 Å². The number of unbranched alkanes of at least 4 members (excludes halogenated alkanes) is 2. The fraction of sp³-hybridized carbons (Fsp3) is 1.00. The van der Waals surface area contributed by atoms with Gasteiger partial charge in [-0.25, -0.2) is 0 Å². The van der Waals surface area contributed by atoms with Crippen LogP contribution in [0, 0.1) is 0 Å². The average Bonchev–Trinajstić information content (AvgIpc) is 2.89. The molecule has 0 saturated carbocycles. The second-order valence-electron chi connectivity index (χ2n) is 5.62. The fourth-order valence-electron chi connectivity index (χ4n) is 3.26. The molecule has 0 bridgehead atoms. The van der Waals surface area contributed by atoms with Gasteiger partial charge in [0, 0.05) is 19.2 Å². The van der Waals surface area contributed by atoms with Crippen LogP contribution in [-0.4, -0.2) is 60.3 Å². The number of nitrogens with zero attached hydrogens (tertiary/aromatic N) is 2. The molecule has 0 aromatic rings. The van der Waals surface area contributed by atoms with E-state index in [-0.39, 0.29) is 0 Å². The molecule has 0 aromatic heterocycles. The predicted molar refractivity (Wildman–Crippen MR) is 71.2 cm³/mol. The van der Waals surface area contributed by atoms with Crippen molar-refractivity contribution in [2.45, 2.75) is 51.0 Å². The highest BCUT2D eigenvalue weighted by Crippen LogP contribution is 2.20. The van der Waals surface area contributed by atoms with Crippen LogP contribution in [0.2, 0.25) is 0 Å². The number of rotatable bonds is 6. The van der Waals surface area contributed by atoms with E-state index < -0.39 is 0 Å². The van der Waals surface area contributed by atoms with Crippen LogP contribution in [0.3, 0.4) is 0 Å². The topological polar surface area (TPSA) is 26.7 Å². The van der Waals surface area contributed by atoms with Crippen molar-refractivity contribution in [3.05, 3.63) is 0 Å². The summed E-state index contributed by atoms with van der Waals surface area (Å²) in [4.78, 5) is 5.35. The number of hydrogen-bond donors (Lipinski definition) is 1. The van der Waals surface area contributed by atoms with Crippen molar-refractivity contribution < 1.29 is 5.11 Å². The summed E-state index contributed by atoms with van der Waals surface area (Å²) in [5, 5.41) is 8.77. The van der Waals surface area contributed by atoms with Gasteiger partial charge in [0.25, 0.3) is 0 Å². The molecule has 0 aromatic carbocycles. The number of aliphatic hydroxyl groups excluding tert-OH is 1. The third-order valence-electron chi connectivity index (χ3n) is 4.27. The summed E-state index contributed by atoms with van der Waals surface area (Å²) in [5.41, 5.74) is 0.